The molecule has 1 atom stereocenters. The number of hydrogen-bond acceptors (Lipinski definition) is 4. The van der Waals surface area contributed by atoms with Crippen molar-refractivity contribution in [3.05, 3.63) is 5.69 Å². The number of aromatic nitrogens is 2. The lowest BCUT2D eigenvalue weighted by molar-refractivity contribution is 0.208. The summed E-state index contributed by atoms with van der Waals surface area (Å²) in [6.45, 7) is 4.30. The van der Waals surface area contributed by atoms with Gasteiger partial charge in [0, 0.05) is 13.6 Å². The van der Waals surface area contributed by atoms with Crippen molar-refractivity contribution in [2.75, 3.05) is 17.6 Å². The van der Waals surface area contributed by atoms with Gasteiger partial charge in [-0.1, -0.05) is 13.3 Å². The maximum Gasteiger partial charge on any atom is 0.147 e. The number of nitrogens with one attached hydrogen (secondary N) is 1. The summed E-state index contributed by atoms with van der Waals surface area (Å²) in [6, 6.07) is 0. The lowest BCUT2D eigenvalue weighted by Crippen LogP contribution is -2.17. The first-order chi connectivity index (χ1) is 7.06. The summed E-state index contributed by atoms with van der Waals surface area (Å²) in [5, 5.41) is 16.6. The molecule has 0 bridgehead atoms. The molecule has 4 N–H and O–H groups in total. The van der Waals surface area contributed by atoms with Crippen LogP contribution in [0.3, 0.4) is 0 Å². The number of aliphatic hydroxyl groups is 1. The molecule has 15 heavy (non-hydrogen) atoms. The van der Waals surface area contributed by atoms with Gasteiger partial charge in [-0.25, -0.2) is 0 Å². The Labute approximate surface area is 90.3 Å². The van der Waals surface area contributed by atoms with Gasteiger partial charge < -0.3 is 16.2 Å². The molecule has 5 nitrogen and oxygen atoms in total. The highest BCUT2D eigenvalue weighted by atomic mass is 16.3. The molecular weight excluding hydrogens is 192 g/mol. The Bertz CT molecular complexity index is 319. The van der Waals surface area contributed by atoms with E-state index in [1.807, 2.05) is 7.05 Å². The lowest BCUT2D eigenvalue weighted by Gasteiger charge is -2.09. The van der Waals surface area contributed by atoms with Gasteiger partial charge in [0.25, 0.3) is 0 Å². The van der Waals surface area contributed by atoms with Crippen molar-refractivity contribution < 1.29 is 5.11 Å². The summed E-state index contributed by atoms with van der Waals surface area (Å²) in [7, 11) is 1.85. The minimum Gasteiger partial charge on any atom is -0.394 e. The average Bonchev–Trinajstić information content (AvgIpc) is 2.40. The first kappa shape index (κ1) is 11.8. The third-order valence-electron chi connectivity index (χ3n) is 2.21. The van der Waals surface area contributed by atoms with Crippen molar-refractivity contribution in [3.8, 4) is 0 Å². The normalized spacial score (nSPS) is 12.8. The van der Waals surface area contributed by atoms with Gasteiger partial charge in [-0.2, -0.15) is 5.10 Å². The van der Waals surface area contributed by atoms with E-state index in [-0.39, 0.29) is 0 Å². The average molecular weight is 212 g/mol. The van der Waals surface area contributed by atoms with E-state index >= 15 is 0 Å². The molecule has 0 aliphatic heterocycles. The Morgan fingerprint density at radius 3 is 2.80 bits per heavy atom. The van der Waals surface area contributed by atoms with Crippen molar-refractivity contribution in [2.45, 2.75) is 32.8 Å². The largest absolute Gasteiger partial charge is 0.394 e. The van der Waals surface area contributed by atoms with Crippen LogP contribution < -0.4 is 11.1 Å². The molecule has 0 saturated heterocycles. The van der Waals surface area contributed by atoms with E-state index in [9.17, 15) is 5.11 Å². The Hall–Kier alpha value is -1.23. The molecule has 0 aliphatic rings. The number of nitrogens with two attached hydrogens (primary N) is 1. The van der Waals surface area contributed by atoms with Crippen LogP contribution in [0.25, 0.3) is 0 Å². The van der Waals surface area contributed by atoms with E-state index in [0.29, 0.717) is 12.2 Å². The number of aliphatic hydroxyl groups excluding tert-OH is 1. The Morgan fingerprint density at radius 2 is 2.27 bits per heavy atom. The molecule has 1 rings (SSSR count). The highest BCUT2D eigenvalue weighted by Crippen LogP contribution is 2.22. The van der Waals surface area contributed by atoms with Gasteiger partial charge in [0.05, 0.1) is 17.5 Å². The van der Waals surface area contributed by atoms with E-state index in [1.165, 1.54) is 0 Å². The van der Waals surface area contributed by atoms with Crippen molar-refractivity contribution in [1.82, 2.24) is 9.78 Å². The molecule has 0 amide bonds. The Kier molecular flexibility index (Phi) is 3.96. The maximum atomic E-state index is 9.17. The van der Waals surface area contributed by atoms with Crippen molar-refractivity contribution in [1.29, 1.82) is 0 Å². The molecule has 0 fully saturated rings. The highest BCUT2D eigenvalue weighted by Gasteiger charge is 2.12. The number of nitrogen functional groups attached to an aromatic ring is 1. The fraction of sp³-hybridized carbons (Fsp3) is 0.700. The summed E-state index contributed by atoms with van der Waals surface area (Å²) < 4.78 is 1.72. The highest BCUT2D eigenvalue weighted by molar-refractivity contribution is 5.65. The molecule has 0 aliphatic carbocycles. The maximum absolute atomic E-state index is 9.17. The fourth-order valence-electron chi connectivity index (χ4n) is 1.47. The molecule has 0 spiro atoms. The van der Waals surface area contributed by atoms with Gasteiger partial charge in [-0.05, 0) is 13.3 Å². The second kappa shape index (κ2) is 5.02. The van der Waals surface area contributed by atoms with Crippen LogP contribution in [0.5, 0.6) is 0 Å². The summed E-state index contributed by atoms with van der Waals surface area (Å²) in [5.41, 5.74) is 7.57. The topological polar surface area (TPSA) is 76.1 Å². The molecule has 0 saturated carbocycles. The zero-order chi connectivity index (χ0) is 11.4. The number of aryl methyl sites for hydroxylation is 2. The zero-order valence-electron chi connectivity index (χ0n) is 9.62. The molecule has 1 aromatic heterocycles. The number of hydrogen-bond donors (Lipinski definition) is 3. The number of rotatable bonds is 5. The molecule has 0 radical (unpaired) electrons. The summed E-state index contributed by atoms with van der Waals surface area (Å²) in [5.74, 6) is 0.791. The predicted octanol–water partition coefficient (Wildman–Crippen LogP) is 0.748. The fourth-order valence-corrected chi connectivity index (χ4v) is 1.47. The zero-order valence-corrected chi connectivity index (χ0v) is 9.62. The monoisotopic (exact) mass is 212 g/mol. The molecule has 0 aromatic carbocycles. The molecule has 1 heterocycles. The van der Waals surface area contributed by atoms with Gasteiger partial charge in [0.2, 0.25) is 0 Å². The summed E-state index contributed by atoms with van der Waals surface area (Å²) in [6.07, 6.45) is 1.52. The van der Waals surface area contributed by atoms with Gasteiger partial charge >= 0.3 is 0 Å². The summed E-state index contributed by atoms with van der Waals surface area (Å²) in [4.78, 5) is 0. The minimum absolute atomic E-state index is 0.395. The van der Waals surface area contributed by atoms with Crippen LogP contribution in [-0.2, 0) is 13.5 Å². The lowest BCUT2D eigenvalue weighted by atomic mass is 10.2. The van der Waals surface area contributed by atoms with Gasteiger partial charge in [-0.15, -0.1) is 0 Å². The number of anilines is 2. The van der Waals surface area contributed by atoms with Gasteiger partial charge in [0.1, 0.15) is 5.82 Å². The predicted molar refractivity (Wildman–Crippen MR) is 61.8 cm³/mol. The Balaban J connectivity index is 2.78. The first-order valence-corrected chi connectivity index (χ1v) is 5.29. The minimum atomic E-state index is -0.395. The molecule has 1 aromatic rings. The molecular formula is C10H20N4O. The van der Waals surface area contributed by atoms with E-state index in [1.54, 1.807) is 11.6 Å². The van der Waals surface area contributed by atoms with Crippen LogP contribution in [0.15, 0.2) is 0 Å². The van der Waals surface area contributed by atoms with Crippen LogP contribution in [-0.4, -0.2) is 27.5 Å². The van der Waals surface area contributed by atoms with Crippen LogP contribution >= 0.6 is 0 Å². The van der Waals surface area contributed by atoms with Crippen molar-refractivity contribution in [3.63, 3.8) is 0 Å². The standard InChI is InChI=1S/C10H20N4O/c1-4-5-8-9(11)10(14(3)13-8)12-6-7(2)15/h7,12,15H,4-6,11H2,1-3H3. The second-order valence-electron chi connectivity index (χ2n) is 3.81. The molecule has 1 unspecified atom stereocenters. The second-order valence-corrected chi connectivity index (χ2v) is 3.81. The van der Waals surface area contributed by atoms with E-state index in [4.69, 9.17) is 5.73 Å². The van der Waals surface area contributed by atoms with Crippen LogP contribution in [0, 0.1) is 0 Å². The van der Waals surface area contributed by atoms with Crippen molar-refractivity contribution in [2.24, 2.45) is 7.05 Å². The van der Waals surface area contributed by atoms with Crippen LogP contribution in [0.2, 0.25) is 0 Å². The third-order valence-corrected chi connectivity index (χ3v) is 2.21. The Morgan fingerprint density at radius 1 is 1.60 bits per heavy atom. The first-order valence-electron chi connectivity index (χ1n) is 5.29. The third kappa shape index (κ3) is 2.86. The van der Waals surface area contributed by atoms with Crippen LogP contribution in [0.1, 0.15) is 26.0 Å². The smallest absolute Gasteiger partial charge is 0.147 e. The number of nitrogens with zero attached hydrogens (tertiary/aromatic N) is 2. The summed E-state index contributed by atoms with van der Waals surface area (Å²) >= 11 is 0. The van der Waals surface area contributed by atoms with E-state index in [0.717, 1.165) is 24.4 Å². The molecule has 86 valence electrons. The van der Waals surface area contributed by atoms with E-state index in [2.05, 4.69) is 17.3 Å². The van der Waals surface area contributed by atoms with Gasteiger partial charge in [0.15, 0.2) is 0 Å². The molecule has 5 heteroatoms. The van der Waals surface area contributed by atoms with Crippen molar-refractivity contribution >= 4 is 11.5 Å². The van der Waals surface area contributed by atoms with E-state index < -0.39 is 6.10 Å². The van der Waals surface area contributed by atoms with Crippen LogP contribution in [0.4, 0.5) is 11.5 Å². The van der Waals surface area contributed by atoms with Gasteiger partial charge in [-0.3, -0.25) is 4.68 Å². The quantitative estimate of drug-likeness (QED) is 0.673. The SMILES string of the molecule is CCCc1nn(C)c(NCC(C)O)c1N.